The van der Waals surface area contributed by atoms with Crippen LogP contribution in [0, 0.1) is 5.92 Å². The average Bonchev–Trinajstić information content (AvgIpc) is 2.95. The molecule has 0 N–H and O–H groups in total. The number of urea groups is 1. The summed E-state index contributed by atoms with van der Waals surface area (Å²) in [4.78, 5) is 44.8. The first-order valence-electron chi connectivity index (χ1n) is 13.5. The second-order valence-electron chi connectivity index (χ2n) is 10.7. The SMILES string of the molecule is CC(=O)N1CCN(C(=O)N2CCC(C(=O)N(C)Cc3cc(C(F)(F)F)cc(C(F)(F)F)c3)C(c3ccccc3)C2)CC1. The van der Waals surface area contributed by atoms with Crippen LogP contribution in [-0.4, -0.2) is 83.8 Å². The first kappa shape index (κ1) is 31.2. The maximum atomic E-state index is 13.7. The number of carbonyl (C=O) groups excluding carboxylic acids is 3. The van der Waals surface area contributed by atoms with Crippen LogP contribution in [0.3, 0.4) is 0 Å². The van der Waals surface area contributed by atoms with Gasteiger partial charge in [0.1, 0.15) is 0 Å². The van der Waals surface area contributed by atoms with E-state index in [0.29, 0.717) is 38.3 Å². The fourth-order valence-electron chi connectivity index (χ4n) is 5.62. The summed E-state index contributed by atoms with van der Waals surface area (Å²) in [5.74, 6) is -1.58. The van der Waals surface area contributed by atoms with Gasteiger partial charge in [-0.15, -0.1) is 0 Å². The summed E-state index contributed by atoms with van der Waals surface area (Å²) in [6.45, 7) is 3.10. The third-order valence-electron chi connectivity index (χ3n) is 7.87. The molecule has 2 saturated heterocycles. The van der Waals surface area contributed by atoms with Crippen LogP contribution in [-0.2, 0) is 28.5 Å². The van der Waals surface area contributed by atoms with Crippen molar-refractivity contribution in [2.75, 3.05) is 46.3 Å². The van der Waals surface area contributed by atoms with Gasteiger partial charge in [-0.25, -0.2) is 4.79 Å². The van der Waals surface area contributed by atoms with Crippen LogP contribution in [0.25, 0.3) is 0 Å². The molecule has 2 fully saturated rings. The van der Waals surface area contributed by atoms with Crippen LogP contribution in [0.4, 0.5) is 31.1 Å². The van der Waals surface area contributed by atoms with E-state index < -0.39 is 47.8 Å². The van der Waals surface area contributed by atoms with E-state index in [1.165, 1.54) is 14.0 Å². The van der Waals surface area contributed by atoms with Crippen molar-refractivity contribution in [3.8, 4) is 0 Å². The highest BCUT2D eigenvalue weighted by Gasteiger charge is 2.40. The smallest absolute Gasteiger partial charge is 0.341 e. The number of piperazine rings is 1. The summed E-state index contributed by atoms with van der Waals surface area (Å²) >= 11 is 0. The van der Waals surface area contributed by atoms with Crippen molar-refractivity contribution in [1.82, 2.24) is 19.6 Å². The largest absolute Gasteiger partial charge is 0.416 e. The van der Waals surface area contributed by atoms with Crippen LogP contribution in [0.1, 0.15) is 41.5 Å². The molecule has 2 unspecified atom stereocenters. The van der Waals surface area contributed by atoms with Crippen molar-refractivity contribution >= 4 is 17.8 Å². The number of nitrogens with zero attached hydrogens (tertiary/aromatic N) is 4. The molecule has 0 saturated carbocycles. The van der Waals surface area contributed by atoms with E-state index in [2.05, 4.69) is 0 Å². The minimum Gasteiger partial charge on any atom is -0.341 e. The van der Waals surface area contributed by atoms with Gasteiger partial charge in [-0.1, -0.05) is 30.3 Å². The van der Waals surface area contributed by atoms with Crippen molar-refractivity contribution in [3.05, 3.63) is 70.8 Å². The van der Waals surface area contributed by atoms with Crippen LogP contribution in [0.15, 0.2) is 48.5 Å². The molecule has 2 atom stereocenters. The maximum Gasteiger partial charge on any atom is 0.416 e. The first-order valence-corrected chi connectivity index (χ1v) is 13.5. The summed E-state index contributed by atoms with van der Waals surface area (Å²) in [7, 11) is 1.35. The van der Waals surface area contributed by atoms with E-state index in [1.807, 2.05) is 12.1 Å². The minimum absolute atomic E-state index is 0.0590. The lowest BCUT2D eigenvalue weighted by Gasteiger charge is -2.43. The number of hydrogen-bond acceptors (Lipinski definition) is 3. The Morgan fingerprint density at radius 2 is 1.36 bits per heavy atom. The normalized spacial score (nSPS) is 20.0. The van der Waals surface area contributed by atoms with Gasteiger partial charge in [-0.2, -0.15) is 26.3 Å². The van der Waals surface area contributed by atoms with Gasteiger partial charge in [0, 0.05) is 71.6 Å². The highest BCUT2D eigenvalue weighted by Crippen LogP contribution is 2.38. The molecule has 0 radical (unpaired) electrons. The van der Waals surface area contributed by atoms with Crippen molar-refractivity contribution in [3.63, 3.8) is 0 Å². The summed E-state index contributed by atoms with van der Waals surface area (Å²) in [6, 6.07) is 10.2. The van der Waals surface area contributed by atoms with Gasteiger partial charge in [0.15, 0.2) is 0 Å². The Hall–Kier alpha value is -3.77. The predicted octanol–water partition coefficient (Wildman–Crippen LogP) is 5.07. The Morgan fingerprint density at radius 1 is 0.810 bits per heavy atom. The fourth-order valence-corrected chi connectivity index (χ4v) is 5.62. The number of halogens is 6. The van der Waals surface area contributed by atoms with Gasteiger partial charge in [0.2, 0.25) is 11.8 Å². The van der Waals surface area contributed by atoms with Crippen LogP contribution in [0.5, 0.6) is 0 Å². The number of benzene rings is 2. The molecule has 0 aromatic heterocycles. The Morgan fingerprint density at radius 3 is 1.88 bits per heavy atom. The summed E-state index contributed by atoms with van der Waals surface area (Å²) in [5.41, 5.74) is -2.37. The van der Waals surface area contributed by atoms with Crippen molar-refractivity contribution < 1.29 is 40.7 Å². The third-order valence-corrected chi connectivity index (χ3v) is 7.87. The molecule has 0 aliphatic carbocycles. The molecule has 2 aromatic rings. The molecule has 42 heavy (non-hydrogen) atoms. The van der Waals surface area contributed by atoms with Gasteiger partial charge in [0.25, 0.3) is 0 Å². The number of hydrogen-bond donors (Lipinski definition) is 0. The van der Waals surface area contributed by atoms with Crippen molar-refractivity contribution in [1.29, 1.82) is 0 Å². The fraction of sp³-hybridized carbons (Fsp3) is 0.483. The van der Waals surface area contributed by atoms with E-state index in [-0.39, 0.29) is 43.1 Å². The number of alkyl halides is 6. The highest BCUT2D eigenvalue weighted by molar-refractivity contribution is 5.81. The van der Waals surface area contributed by atoms with Crippen molar-refractivity contribution in [2.45, 2.75) is 38.2 Å². The molecule has 13 heteroatoms. The zero-order chi connectivity index (χ0) is 30.8. The molecule has 2 aliphatic heterocycles. The molecule has 2 aliphatic rings. The number of piperidine rings is 1. The molecule has 2 aromatic carbocycles. The summed E-state index contributed by atoms with van der Waals surface area (Å²) < 4.78 is 80.1. The van der Waals surface area contributed by atoms with Gasteiger partial charge in [0.05, 0.1) is 11.1 Å². The second kappa shape index (κ2) is 12.2. The van der Waals surface area contributed by atoms with E-state index in [4.69, 9.17) is 0 Å². The highest BCUT2D eigenvalue weighted by atomic mass is 19.4. The molecule has 7 nitrogen and oxygen atoms in total. The zero-order valence-corrected chi connectivity index (χ0v) is 23.2. The Bertz CT molecular complexity index is 1260. The quantitative estimate of drug-likeness (QED) is 0.462. The molecule has 4 rings (SSSR count). The topological polar surface area (TPSA) is 64.2 Å². The number of carbonyl (C=O) groups is 3. The standard InChI is InChI=1S/C29H32F6N4O3/c1-19(40)37-10-12-38(13-11-37)27(42)39-9-8-24(25(18-39)21-6-4-3-5-7-21)26(41)36(2)17-20-14-22(28(30,31)32)16-23(15-20)29(33,34)35/h3-7,14-16,24-25H,8-13,17-18H2,1-2H3. The molecular formula is C29H32F6N4O3. The predicted molar refractivity (Wildman–Crippen MR) is 141 cm³/mol. The lowest BCUT2D eigenvalue weighted by molar-refractivity contribution is -0.143. The van der Waals surface area contributed by atoms with Gasteiger partial charge < -0.3 is 19.6 Å². The molecule has 0 spiro atoms. The molecular weight excluding hydrogens is 566 g/mol. The Balaban J connectivity index is 1.52. The second-order valence-corrected chi connectivity index (χ2v) is 10.7. The maximum absolute atomic E-state index is 13.7. The Kier molecular flexibility index (Phi) is 9.07. The van der Waals surface area contributed by atoms with E-state index in [0.717, 1.165) is 10.5 Å². The molecule has 2 heterocycles. The van der Waals surface area contributed by atoms with Gasteiger partial charge >= 0.3 is 18.4 Å². The summed E-state index contributed by atoms with van der Waals surface area (Å²) in [6.07, 6.45) is -9.72. The minimum atomic E-state index is -4.99. The van der Waals surface area contributed by atoms with Crippen LogP contribution >= 0.6 is 0 Å². The summed E-state index contributed by atoms with van der Waals surface area (Å²) in [5, 5.41) is 0. The number of rotatable bonds is 4. The monoisotopic (exact) mass is 598 g/mol. The van der Waals surface area contributed by atoms with Crippen LogP contribution < -0.4 is 0 Å². The zero-order valence-electron chi connectivity index (χ0n) is 23.2. The lowest BCUT2D eigenvalue weighted by atomic mass is 9.79. The molecule has 0 bridgehead atoms. The van der Waals surface area contributed by atoms with E-state index in [1.54, 1.807) is 32.9 Å². The van der Waals surface area contributed by atoms with Gasteiger partial charge in [-0.05, 0) is 35.7 Å². The Labute approximate surface area is 239 Å². The van der Waals surface area contributed by atoms with E-state index >= 15 is 0 Å². The molecule has 228 valence electrons. The van der Waals surface area contributed by atoms with Crippen LogP contribution in [0.2, 0.25) is 0 Å². The molecule has 4 amide bonds. The lowest BCUT2D eigenvalue weighted by Crippen LogP contribution is -2.56. The number of amides is 4. The third kappa shape index (κ3) is 7.16. The van der Waals surface area contributed by atoms with Crippen molar-refractivity contribution in [2.24, 2.45) is 5.92 Å². The van der Waals surface area contributed by atoms with E-state index in [9.17, 15) is 40.7 Å². The number of likely N-dealkylation sites (tertiary alicyclic amines) is 1. The first-order chi connectivity index (χ1) is 19.6. The average molecular weight is 599 g/mol. The van der Waals surface area contributed by atoms with Gasteiger partial charge in [-0.3, -0.25) is 9.59 Å².